The maximum atomic E-state index is 2.32. The number of hydrogen-bond donors (Lipinski definition) is 0. The van der Waals surface area contributed by atoms with Gasteiger partial charge in [-0.15, -0.1) is 0 Å². The fourth-order valence-corrected chi connectivity index (χ4v) is 6.17. The topological polar surface area (TPSA) is 0 Å². The first-order valence-corrected chi connectivity index (χ1v) is 10.1. The van der Waals surface area contributed by atoms with Crippen LogP contribution < -0.4 is 0 Å². The molecular weight excluding hydrogens is 260 g/mol. The van der Waals surface area contributed by atoms with Crippen LogP contribution in [-0.4, -0.2) is 44.5 Å². The Balaban J connectivity index is 1.53. The first kappa shape index (κ1) is 12.8. The Bertz CT molecular complexity index is 177. The number of rotatable bonds is 9. The lowest BCUT2D eigenvalue weighted by Gasteiger charge is -2.14. The molecule has 3 atom stereocenters. The second-order valence-corrected chi connectivity index (χ2v) is 9.27. The van der Waals surface area contributed by atoms with Crippen molar-refractivity contribution in [2.45, 2.75) is 35.5 Å². The molecule has 2 rings (SSSR count). The van der Waals surface area contributed by atoms with Crippen LogP contribution in [0.25, 0.3) is 0 Å². The van der Waals surface area contributed by atoms with E-state index in [1.807, 2.05) is 0 Å². The molecular formula is C11H20S4. The smallest absolute Gasteiger partial charge is 0.0229 e. The van der Waals surface area contributed by atoms with Crippen molar-refractivity contribution in [3.05, 3.63) is 0 Å². The van der Waals surface area contributed by atoms with Gasteiger partial charge in [0.25, 0.3) is 0 Å². The Hall–Kier alpha value is 1.40. The van der Waals surface area contributed by atoms with Gasteiger partial charge in [0.2, 0.25) is 0 Å². The first-order chi connectivity index (χ1) is 7.38. The molecule has 0 aromatic heterocycles. The van der Waals surface area contributed by atoms with Crippen LogP contribution in [0.2, 0.25) is 0 Å². The van der Waals surface area contributed by atoms with Crippen molar-refractivity contribution >= 4 is 47.0 Å². The second-order valence-electron chi connectivity index (χ2n) is 4.19. The van der Waals surface area contributed by atoms with Gasteiger partial charge < -0.3 is 0 Å². The number of thioether (sulfide) groups is 4. The minimum atomic E-state index is 0.935. The predicted molar refractivity (Wildman–Crippen MR) is 81.0 cm³/mol. The molecule has 0 saturated carbocycles. The minimum absolute atomic E-state index is 0.935. The van der Waals surface area contributed by atoms with E-state index in [0.29, 0.717) is 0 Å². The zero-order valence-electron chi connectivity index (χ0n) is 9.31. The van der Waals surface area contributed by atoms with Gasteiger partial charge in [0.05, 0.1) is 0 Å². The molecule has 88 valence electrons. The monoisotopic (exact) mass is 280 g/mol. The van der Waals surface area contributed by atoms with Gasteiger partial charge in [0, 0.05) is 44.5 Å². The fourth-order valence-electron chi connectivity index (χ4n) is 1.44. The van der Waals surface area contributed by atoms with Crippen molar-refractivity contribution in [3.8, 4) is 0 Å². The van der Waals surface area contributed by atoms with E-state index >= 15 is 0 Å². The van der Waals surface area contributed by atoms with E-state index in [1.54, 1.807) is 0 Å². The summed E-state index contributed by atoms with van der Waals surface area (Å²) in [5.74, 6) is 7.07. The molecule has 2 heterocycles. The van der Waals surface area contributed by atoms with E-state index in [1.165, 1.54) is 41.6 Å². The number of hydrogen-bond acceptors (Lipinski definition) is 4. The molecule has 0 aromatic carbocycles. The molecule has 0 bridgehead atoms. The molecule has 2 fully saturated rings. The molecule has 2 aliphatic rings. The molecule has 4 heteroatoms. The lowest BCUT2D eigenvalue weighted by Crippen LogP contribution is -2.09. The maximum Gasteiger partial charge on any atom is 0.0229 e. The summed E-state index contributed by atoms with van der Waals surface area (Å²) in [6.07, 6.45) is 2.78. The van der Waals surface area contributed by atoms with Gasteiger partial charge in [-0.2, -0.15) is 47.0 Å². The largest absolute Gasteiger partial charge is 0.160 e. The van der Waals surface area contributed by atoms with Crippen LogP contribution in [0.4, 0.5) is 0 Å². The molecule has 2 aliphatic heterocycles. The quantitative estimate of drug-likeness (QED) is 0.588. The van der Waals surface area contributed by atoms with Crippen LogP contribution >= 0.6 is 47.0 Å². The summed E-state index contributed by atoms with van der Waals surface area (Å²) in [6, 6.07) is 0. The Labute approximate surface area is 111 Å². The van der Waals surface area contributed by atoms with E-state index in [4.69, 9.17) is 0 Å². The molecule has 0 nitrogen and oxygen atoms in total. The van der Waals surface area contributed by atoms with Gasteiger partial charge in [0.15, 0.2) is 0 Å². The highest BCUT2D eigenvalue weighted by atomic mass is 32.2. The van der Waals surface area contributed by atoms with E-state index in [0.717, 1.165) is 15.7 Å². The van der Waals surface area contributed by atoms with Crippen molar-refractivity contribution in [1.29, 1.82) is 0 Å². The van der Waals surface area contributed by atoms with Crippen molar-refractivity contribution in [2.75, 3.05) is 28.8 Å². The molecule has 0 aliphatic carbocycles. The minimum Gasteiger partial charge on any atom is -0.160 e. The van der Waals surface area contributed by atoms with Crippen LogP contribution in [0.15, 0.2) is 0 Å². The van der Waals surface area contributed by atoms with Crippen LogP contribution in [0.1, 0.15) is 19.8 Å². The van der Waals surface area contributed by atoms with Crippen LogP contribution in [0.5, 0.6) is 0 Å². The summed E-state index contributed by atoms with van der Waals surface area (Å²) in [6.45, 7) is 2.32. The molecule has 0 amide bonds. The van der Waals surface area contributed by atoms with Crippen molar-refractivity contribution < 1.29 is 0 Å². The summed E-state index contributed by atoms with van der Waals surface area (Å²) in [5, 5.41) is 2.96. The van der Waals surface area contributed by atoms with Gasteiger partial charge >= 0.3 is 0 Å². The molecule has 3 unspecified atom stereocenters. The zero-order chi connectivity index (χ0) is 10.5. The third-order valence-corrected chi connectivity index (χ3v) is 7.86. The molecule has 2 saturated heterocycles. The van der Waals surface area contributed by atoms with Crippen LogP contribution in [0.3, 0.4) is 0 Å². The Morgan fingerprint density at radius 1 is 1.20 bits per heavy atom. The molecule has 0 aromatic rings. The van der Waals surface area contributed by atoms with Gasteiger partial charge in [-0.3, -0.25) is 0 Å². The zero-order valence-corrected chi connectivity index (χ0v) is 12.6. The second kappa shape index (κ2) is 6.97. The molecule has 0 spiro atoms. The van der Waals surface area contributed by atoms with Gasteiger partial charge in [-0.1, -0.05) is 13.3 Å². The molecule has 15 heavy (non-hydrogen) atoms. The van der Waals surface area contributed by atoms with E-state index < -0.39 is 0 Å². The maximum absolute atomic E-state index is 2.32. The summed E-state index contributed by atoms with van der Waals surface area (Å²) in [5.41, 5.74) is 0. The first-order valence-electron chi connectivity index (χ1n) is 5.81. The third kappa shape index (κ3) is 6.04. The lowest BCUT2D eigenvalue weighted by atomic mass is 10.3. The van der Waals surface area contributed by atoms with Gasteiger partial charge in [-0.25, -0.2) is 0 Å². The highest BCUT2D eigenvalue weighted by molar-refractivity contribution is 8.10. The fraction of sp³-hybridized carbons (Fsp3) is 1.00. The normalized spacial score (nSPS) is 30.2. The highest BCUT2D eigenvalue weighted by Crippen LogP contribution is 2.37. The van der Waals surface area contributed by atoms with E-state index in [9.17, 15) is 0 Å². The van der Waals surface area contributed by atoms with Crippen LogP contribution in [0, 0.1) is 0 Å². The van der Waals surface area contributed by atoms with E-state index in [-0.39, 0.29) is 0 Å². The standard InChI is InChI=1S/C11H20S4/c1-2-3-9(13-7-11-8-15-11)4-12-5-10-6-14-10/h9-11H,2-8H2,1H3. The molecule has 0 radical (unpaired) electrons. The average Bonchev–Trinajstić information content (AvgIpc) is 3.08. The van der Waals surface area contributed by atoms with Gasteiger partial charge in [-0.05, 0) is 6.42 Å². The summed E-state index contributed by atoms with van der Waals surface area (Å²) in [4.78, 5) is 0. The highest BCUT2D eigenvalue weighted by Gasteiger charge is 2.25. The Morgan fingerprint density at radius 2 is 1.87 bits per heavy atom. The molecule has 0 N–H and O–H groups in total. The summed E-state index contributed by atoms with van der Waals surface area (Å²) in [7, 11) is 0. The Kier molecular flexibility index (Phi) is 5.97. The SMILES string of the molecule is CCCC(CSCC1CS1)SCC1CS1. The van der Waals surface area contributed by atoms with Crippen molar-refractivity contribution in [1.82, 2.24) is 0 Å². The van der Waals surface area contributed by atoms with Crippen LogP contribution in [-0.2, 0) is 0 Å². The average molecular weight is 281 g/mol. The summed E-state index contributed by atoms with van der Waals surface area (Å²) < 4.78 is 0. The van der Waals surface area contributed by atoms with Gasteiger partial charge in [0.1, 0.15) is 0 Å². The predicted octanol–water partition coefficient (Wildman–Crippen LogP) is 3.85. The van der Waals surface area contributed by atoms with E-state index in [2.05, 4.69) is 54.0 Å². The third-order valence-electron chi connectivity index (χ3n) is 2.54. The Morgan fingerprint density at radius 3 is 2.47 bits per heavy atom. The van der Waals surface area contributed by atoms with Crippen molar-refractivity contribution in [3.63, 3.8) is 0 Å². The van der Waals surface area contributed by atoms with Crippen molar-refractivity contribution in [2.24, 2.45) is 0 Å². The lowest BCUT2D eigenvalue weighted by molar-refractivity contribution is 0.793. The summed E-state index contributed by atoms with van der Waals surface area (Å²) >= 11 is 8.70.